The Labute approximate surface area is 195 Å². The minimum absolute atomic E-state index is 0.276. The lowest BCUT2D eigenvalue weighted by Gasteiger charge is -2.30. The van der Waals surface area contributed by atoms with Crippen molar-refractivity contribution in [3.63, 3.8) is 0 Å². The first-order valence-corrected chi connectivity index (χ1v) is 11.1. The van der Waals surface area contributed by atoms with Gasteiger partial charge in [-0.3, -0.25) is 0 Å². The number of nitrogens with zero attached hydrogens (tertiary/aromatic N) is 2. The molecular weight excluding hydrogens is 444 g/mol. The summed E-state index contributed by atoms with van der Waals surface area (Å²) < 4.78 is 38.5. The van der Waals surface area contributed by atoms with Crippen molar-refractivity contribution in [2.45, 2.75) is 44.6 Å². The number of pyridine rings is 1. The molecule has 0 radical (unpaired) electrons. The fourth-order valence-electron chi connectivity index (χ4n) is 4.63. The molecule has 2 N–H and O–H groups in total. The van der Waals surface area contributed by atoms with Gasteiger partial charge in [-0.2, -0.15) is 0 Å². The Morgan fingerprint density at radius 1 is 1.35 bits per heavy atom. The van der Waals surface area contributed by atoms with Gasteiger partial charge in [0.25, 0.3) is 0 Å². The van der Waals surface area contributed by atoms with Crippen LogP contribution in [-0.2, 0) is 19.7 Å². The number of hydrogen-bond acceptors (Lipinski definition) is 6. The molecule has 4 heterocycles. The van der Waals surface area contributed by atoms with E-state index in [1.54, 1.807) is 19.3 Å². The molecule has 34 heavy (non-hydrogen) atoms. The molecule has 1 fully saturated rings. The number of aliphatic hydroxyl groups excluding tert-OH is 1. The van der Waals surface area contributed by atoms with Crippen molar-refractivity contribution in [1.82, 2.24) is 14.9 Å². The molecule has 2 aliphatic rings. The second-order valence-electron chi connectivity index (χ2n) is 9.39. The summed E-state index contributed by atoms with van der Waals surface area (Å²) in [6.07, 6.45) is 1.75. The first-order chi connectivity index (χ1) is 16.2. The van der Waals surface area contributed by atoms with Crippen LogP contribution in [0, 0.1) is 11.6 Å². The molecule has 7 nitrogen and oxygen atoms in total. The van der Waals surface area contributed by atoms with Crippen LogP contribution >= 0.6 is 0 Å². The van der Waals surface area contributed by atoms with Gasteiger partial charge in [-0.15, -0.1) is 0 Å². The van der Waals surface area contributed by atoms with Crippen molar-refractivity contribution >= 4 is 22.6 Å². The van der Waals surface area contributed by atoms with Crippen LogP contribution in [0.5, 0.6) is 0 Å². The second kappa shape index (κ2) is 8.18. The van der Waals surface area contributed by atoms with E-state index in [-0.39, 0.29) is 12.2 Å². The van der Waals surface area contributed by atoms with Gasteiger partial charge in [-0.05, 0) is 42.3 Å². The highest BCUT2D eigenvalue weighted by Crippen LogP contribution is 2.46. The Hall–Kier alpha value is -3.30. The van der Waals surface area contributed by atoms with E-state index in [9.17, 15) is 18.7 Å². The third-order valence-electron chi connectivity index (χ3n) is 6.24. The number of benzene rings is 1. The monoisotopic (exact) mass is 469 g/mol. The number of aromatic nitrogens is 2. The Balaban J connectivity index is 1.57. The smallest absolute Gasteiger partial charge is 0.342 e. The van der Waals surface area contributed by atoms with Crippen LogP contribution in [0.3, 0.4) is 0 Å². The predicted octanol–water partition coefficient (Wildman–Crippen LogP) is 3.80. The van der Waals surface area contributed by atoms with Crippen LogP contribution in [-0.4, -0.2) is 51.4 Å². The number of ether oxygens (including phenoxy) is 2. The highest BCUT2D eigenvalue weighted by Gasteiger charge is 2.48. The lowest BCUT2D eigenvalue weighted by atomic mass is 9.82. The van der Waals surface area contributed by atoms with Crippen molar-refractivity contribution in [1.29, 1.82) is 0 Å². The molecule has 178 valence electrons. The number of hydrogen-bond donors (Lipinski definition) is 2. The normalized spacial score (nSPS) is 22.1. The van der Waals surface area contributed by atoms with Crippen LogP contribution in [0.4, 0.5) is 8.78 Å². The largest absolute Gasteiger partial charge is 0.457 e. The van der Waals surface area contributed by atoms with E-state index >= 15 is 0 Å². The van der Waals surface area contributed by atoms with Crippen LogP contribution in [0.25, 0.3) is 16.6 Å². The number of rotatable bonds is 5. The van der Waals surface area contributed by atoms with Crippen LogP contribution < -0.4 is 0 Å². The van der Waals surface area contributed by atoms with Gasteiger partial charge in [0.05, 0.1) is 17.9 Å². The average Bonchev–Trinajstić information content (AvgIpc) is 3.51. The van der Waals surface area contributed by atoms with Gasteiger partial charge in [-0.1, -0.05) is 19.9 Å². The lowest BCUT2D eigenvalue weighted by molar-refractivity contribution is -0.142. The Kier molecular flexibility index (Phi) is 5.41. The molecule has 2 aromatic heterocycles. The number of nitrogens with one attached hydrogen (secondary N) is 1. The second-order valence-corrected chi connectivity index (χ2v) is 9.39. The van der Waals surface area contributed by atoms with E-state index in [1.807, 2.05) is 17.0 Å². The van der Waals surface area contributed by atoms with Crippen LogP contribution in [0.15, 0.2) is 42.7 Å². The zero-order chi connectivity index (χ0) is 24.2. The number of carbonyl (C=O) groups excluding carboxylic acids is 1. The van der Waals surface area contributed by atoms with Gasteiger partial charge < -0.3 is 24.5 Å². The molecule has 1 aromatic carbocycles. The molecular formula is C25H25F2N3O4. The highest BCUT2D eigenvalue weighted by atomic mass is 19.2. The summed E-state index contributed by atoms with van der Waals surface area (Å²) >= 11 is 0. The molecule has 0 bridgehead atoms. The summed E-state index contributed by atoms with van der Waals surface area (Å²) in [6.45, 7) is 5.91. The number of fused-ring (bicyclic) bond motifs is 3. The van der Waals surface area contributed by atoms with Crippen LogP contribution in [0.2, 0.25) is 0 Å². The van der Waals surface area contributed by atoms with Crippen LogP contribution in [0.1, 0.15) is 43.7 Å². The number of aromatic amines is 1. The van der Waals surface area contributed by atoms with Gasteiger partial charge in [-0.25, -0.2) is 18.6 Å². The Morgan fingerprint density at radius 3 is 2.88 bits per heavy atom. The topological polar surface area (TPSA) is 91.0 Å². The fourth-order valence-corrected chi connectivity index (χ4v) is 4.63. The molecule has 3 unspecified atom stereocenters. The molecule has 3 atom stereocenters. The summed E-state index contributed by atoms with van der Waals surface area (Å²) in [7, 11) is 0. The van der Waals surface area contributed by atoms with Gasteiger partial charge in [0.1, 0.15) is 17.9 Å². The van der Waals surface area contributed by atoms with Crippen molar-refractivity contribution in [2.24, 2.45) is 0 Å². The molecule has 5 rings (SSSR count). The molecule has 0 aliphatic carbocycles. The summed E-state index contributed by atoms with van der Waals surface area (Å²) in [5, 5.41) is 10.3. The molecule has 0 saturated carbocycles. The predicted molar refractivity (Wildman–Crippen MR) is 120 cm³/mol. The molecule has 1 saturated heterocycles. The van der Waals surface area contributed by atoms with E-state index < -0.39 is 41.5 Å². The number of H-pyrrole nitrogens is 1. The molecule has 3 aromatic rings. The molecule has 0 spiro atoms. The molecule has 0 amide bonds. The van der Waals surface area contributed by atoms with Crippen molar-refractivity contribution in [2.75, 3.05) is 13.2 Å². The first kappa shape index (κ1) is 22.5. The standard InChI is InChI=1S/C25H25F2N3O4/c1-13(11-31)33-24(32)16-10-30(23-21(34-23)14-6-7-17(26)18(27)9-14)12-25(2,3)19-15-5-4-8-28-22(15)29-20(16)19/h4-10,13,21,23,31H,11-12H2,1-3H3,(H,28,29). The minimum atomic E-state index is -0.935. The first-order valence-electron chi connectivity index (χ1n) is 11.1. The highest BCUT2D eigenvalue weighted by molar-refractivity contribution is 6.17. The zero-order valence-electron chi connectivity index (χ0n) is 19.0. The maximum atomic E-state index is 13.8. The Morgan fingerprint density at radius 2 is 2.15 bits per heavy atom. The van der Waals surface area contributed by atoms with E-state index in [0.29, 0.717) is 23.4 Å². The minimum Gasteiger partial charge on any atom is -0.457 e. The SMILES string of the molecule is CC(CO)OC(=O)C1=CN(C2OC2c2ccc(F)c(F)c2)CC(C)(C)c2c1[nH]c1ncccc21. The number of epoxide rings is 1. The quantitative estimate of drug-likeness (QED) is 0.436. The van der Waals surface area contributed by atoms with E-state index in [1.165, 1.54) is 6.07 Å². The lowest BCUT2D eigenvalue weighted by Crippen LogP contribution is -2.35. The molecule has 9 heteroatoms. The van der Waals surface area contributed by atoms with E-state index in [0.717, 1.165) is 23.1 Å². The van der Waals surface area contributed by atoms with Gasteiger partial charge in [0, 0.05) is 29.7 Å². The van der Waals surface area contributed by atoms with Crippen molar-refractivity contribution in [3.05, 3.63) is 71.2 Å². The third kappa shape index (κ3) is 3.84. The van der Waals surface area contributed by atoms with Gasteiger partial charge in [0.15, 0.2) is 17.9 Å². The summed E-state index contributed by atoms with van der Waals surface area (Å²) in [5.41, 5.74) is 2.53. The van der Waals surface area contributed by atoms with Crippen molar-refractivity contribution < 1.29 is 28.2 Å². The molecule has 2 aliphatic heterocycles. The maximum absolute atomic E-state index is 13.8. The van der Waals surface area contributed by atoms with Gasteiger partial charge in [0.2, 0.25) is 0 Å². The Bertz CT molecular complexity index is 1300. The summed E-state index contributed by atoms with van der Waals surface area (Å²) in [4.78, 5) is 22.8. The summed E-state index contributed by atoms with van der Waals surface area (Å²) in [5.74, 6) is -2.45. The third-order valence-corrected chi connectivity index (χ3v) is 6.24. The number of carbonyl (C=O) groups is 1. The summed E-state index contributed by atoms with van der Waals surface area (Å²) in [6, 6.07) is 7.50. The maximum Gasteiger partial charge on any atom is 0.342 e. The average molecular weight is 469 g/mol. The van der Waals surface area contributed by atoms with E-state index in [2.05, 4.69) is 23.8 Å². The van der Waals surface area contributed by atoms with Crippen molar-refractivity contribution in [3.8, 4) is 0 Å². The fraction of sp³-hybridized carbons (Fsp3) is 0.360. The zero-order valence-corrected chi connectivity index (χ0v) is 19.0. The number of esters is 1. The van der Waals surface area contributed by atoms with Gasteiger partial charge >= 0.3 is 5.97 Å². The number of halogens is 2. The van der Waals surface area contributed by atoms with E-state index in [4.69, 9.17) is 9.47 Å². The number of aliphatic hydroxyl groups is 1.